The third-order valence-electron chi connectivity index (χ3n) is 5.20. The van der Waals surface area contributed by atoms with E-state index in [0.29, 0.717) is 11.3 Å². The fourth-order valence-electron chi connectivity index (χ4n) is 3.69. The van der Waals surface area contributed by atoms with Gasteiger partial charge in [-0.15, -0.1) is 4.40 Å². The number of piperidine rings is 1. The molecule has 0 N–H and O–H groups in total. The second-order valence-electron chi connectivity index (χ2n) is 6.99. The van der Waals surface area contributed by atoms with Crippen molar-refractivity contribution in [3.63, 3.8) is 0 Å². The Morgan fingerprint density at radius 3 is 2.44 bits per heavy atom. The van der Waals surface area contributed by atoms with Gasteiger partial charge in [0.1, 0.15) is 11.4 Å². The maximum atomic E-state index is 13.3. The van der Waals surface area contributed by atoms with Crippen molar-refractivity contribution in [2.75, 3.05) is 14.2 Å². The molecule has 7 nitrogen and oxygen atoms in total. The molecule has 0 aromatic heterocycles. The van der Waals surface area contributed by atoms with Crippen LogP contribution in [0.3, 0.4) is 0 Å². The van der Waals surface area contributed by atoms with Gasteiger partial charge in [0.25, 0.3) is 5.91 Å². The largest absolute Gasteiger partial charge is 0.496 e. The predicted molar refractivity (Wildman–Crippen MR) is 104 cm³/mol. The van der Waals surface area contributed by atoms with Crippen molar-refractivity contribution < 1.29 is 17.9 Å². The monoisotopic (exact) mass is 391 g/mol. The van der Waals surface area contributed by atoms with Gasteiger partial charge in [0, 0.05) is 24.7 Å². The molecule has 0 radical (unpaired) electrons. The fraction of sp³-hybridized carbons (Fsp3) is 0.474. The van der Waals surface area contributed by atoms with Crippen LogP contribution < -0.4 is 4.74 Å². The molecule has 0 saturated carbocycles. The Morgan fingerprint density at radius 1 is 1.19 bits per heavy atom. The first-order valence-corrected chi connectivity index (χ1v) is 10.4. The van der Waals surface area contributed by atoms with E-state index in [1.165, 1.54) is 20.2 Å². The molecule has 0 unspecified atom stereocenters. The van der Waals surface area contributed by atoms with Gasteiger partial charge in [0.15, 0.2) is 0 Å². The van der Waals surface area contributed by atoms with E-state index in [1.807, 2.05) is 13.8 Å². The summed E-state index contributed by atoms with van der Waals surface area (Å²) in [6, 6.07) is 7.14. The van der Waals surface area contributed by atoms with Crippen molar-refractivity contribution in [1.82, 2.24) is 9.21 Å². The van der Waals surface area contributed by atoms with Crippen LogP contribution in [-0.4, -0.2) is 55.5 Å². The lowest BCUT2D eigenvalue weighted by atomic mass is 9.97. The Kier molecular flexibility index (Phi) is 5.28. The number of carbonyl (C=O) groups excluding carboxylic acids is 1. The topological polar surface area (TPSA) is 79.3 Å². The fourth-order valence-corrected chi connectivity index (χ4v) is 4.59. The van der Waals surface area contributed by atoms with Gasteiger partial charge in [-0.25, -0.2) is 4.31 Å². The van der Waals surface area contributed by atoms with Crippen molar-refractivity contribution in [3.8, 4) is 5.75 Å². The molecule has 2 atom stereocenters. The van der Waals surface area contributed by atoms with Gasteiger partial charge in [0.2, 0.25) is 0 Å². The Bertz CT molecular complexity index is 897. The number of methoxy groups -OCH3 is 1. The van der Waals surface area contributed by atoms with E-state index < -0.39 is 10.2 Å². The smallest absolute Gasteiger partial charge is 0.345 e. The Hall–Kier alpha value is -2.35. The zero-order valence-electron chi connectivity index (χ0n) is 16.0. The minimum absolute atomic E-state index is 0.0619. The molecule has 146 valence electrons. The predicted octanol–water partition coefficient (Wildman–Crippen LogP) is 2.35. The summed E-state index contributed by atoms with van der Waals surface area (Å²) >= 11 is 0. The van der Waals surface area contributed by atoms with Crippen LogP contribution in [-0.2, 0) is 15.0 Å². The number of amides is 1. The molecule has 1 fully saturated rings. The minimum Gasteiger partial charge on any atom is -0.496 e. The minimum atomic E-state index is -4.00. The summed E-state index contributed by atoms with van der Waals surface area (Å²) in [5, 5.41) is 0. The van der Waals surface area contributed by atoms with Crippen molar-refractivity contribution in [1.29, 1.82) is 0 Å². The zero-order chi connectivity index (χ0) is 19.8. The molecule has 0 spiro atoms. The molecule has 2 aliphatic heterocycles. The number of benzene rings is 1. The van der Waals surface area contributed by atoms with Crippen molar-refractivity contribution >= 4 is 21.8 Å². The lowest BCUT2D eigenvalue weighted by molar-refractivity contribution is -0.134. The summed E-state index contributed by atoms with van der Waals surface area (Å²) in [7, 11) is -1.13. The number of allylic oxidation sites excluding steroid dienone is 1. The normalized spacial score (nSPS) is 24.9. The van der Waals surface area contributed by atoms with Crippen LogP contribution in [0.5, 0.6) is 5.75 Å². The molecule has 1 saturated heterocycles. The third kappa shape index (κ3) is 3.58. The first-order chi connectivity index (χ1) is 12.8. The van der Waals surface area contributed by atoms with E-state index in [-0.39, 0.29) is 29.4 Å². The third-order valence-corrected chi connectivity index (χ3v) is 6.52. The van der Waals surface area contributed by atoms with Gasteiger partial charge < -0.3 is 9.64 Å². The van der Waals surface area contributed by atoms with Crippen LogP contribution >= 0.6 is 0 Å². The Morgan fingerprint density at radius 2 is 1.81 bits per heavy atom. The SMILES string of the molecule is COc1ccccc1C1=NS(=O)(=O)N(C)C(C(=O)N2[C@H](C)CCC[C@@H]2C)=C1. The highest BCUT2D eigenvalue weighted by Crippen LogP contribution is 2.29. The summed E-state index contributed by atoms with van der Waals surface area (Å²) < 4.78 is 35.4. The highest BCUT2D eigenvalue weighted by Gasteiger charge is 2.37. The van der Waals surface area contributed by atoms with Gasteiger partial charge >= 0.3 is 10.2 Å². The van der Waals surface area contributed by atoms with Crippen molar-refractivity contribution in [2.24, 2.45) is 4.40 Å². The molecule has 0 bridgehead atoms. The summed E-state index contributed by atoms with van der Waals surface area (Å²) in [6.07, 6.45) is 4.42. The molecule has 1 aromatic rings. The first kappa shape index (κ1) is 19.4. The van der Waals surface area contributed by atoms with Gasteiger partial charge in [-0.2, -0.15) is 8.42 Å². The van der Waals surface area contributed by atoms with E-state index in [9.17, 15) is 13.2 Å². The van der Waals surface area contributed by atoms with Crippen LogP contribution in [0.25, 0.3) is 0 Å². The average Bonchev–Trinajstić information content (AvgIpc) is 2.63. The van der Waals surface area contributed by atoms with E-state index >= 15 is 0 Å². The van der Waals surface area contributed by atoms with Crippen LogP contribution in [0, 0.1) is 0 Å². The number of nitrogens with zero attached hydrogens (tertiary/aromatic N) is 3. The zero-order valence-corrected chi connectivity index (χ0v) is 16.9. The first-order valence-electron chi connectivity index (χ1n) is 9.03. The number of para-hydroxylation sites is 1. The van der Waals surface area contributed by atoms with Gasteiger partial charge in [-0.1, -0.05) is 12.1 Å². The van der Waals surface area contributed by atoms with Crippen molar-refractivity contribution in [2.45, 2.75) is 45.2 Å². The lowest BCUT2D eigenvalue weighted by Crippen LogP contribution is -2.50. The second-order valence-corrected chi connectivity index (χ2v) is 8.62. The van der Waals surface area contributed by atoms with Gasteiger partial charge in [-0.3, -0.25) is 4.79 Å². The van der Waals surface area contributed by atoms with Crippen LogP contribution in [0.4, 0.5) is 0 Å². The molecular formula is C19H25N3O4S. The second kappa shape index (κ2) is 7.34. The molecule has 8 heteroatoms. The van der Waals surface area contributed by atoms with Gasteiger partial charge in [0.05, 0.1) is 12.8 Å². The summed E-state index contributed by atoms with van der Waals surface area (Å²) in [4.78, 5) is 15.1. The summed E-state index contributed by atoms with van der Waals surface area (Å²) in [5.74, 6) is 0.210. The number of hydrogen-bond acceptors (Lipinski definition) is 4. The molecular weight excluding hydrogens is 366 g/mol. The highest BCUT2D eigenvalue weighted by atomic mass is 32.2. The van der Waals surface area contributed by atoms with E-state index in [4.69, 9.17) is 4.74 Å². The highest BCUT2D eigenvalue weighted by molar-refractivity contribution is 7.88. The molecule has 2 heterocycles. The van der Waals surface area contributed by atoms with Crippen LogP contribution in [0.1, 0.15) is 38.7 Å². The summed E-state index contributed by atoms with van der Waals surface area (Å²) in [6.45, 7) is 4.00. The van der Waals surface area contributed by atoms with E-state index in [0.717, 1.165) is 23.6 Å². The molecule has 3 rings (SSSR count). The molecule has 0 aliphatic carbocycles. The Balaban J connectivity index is 2.07. The maximum absolute atomic E-state index is 13.3. The number of carbonyl (C=O) groups is 1. The standard InChI is InChI=1S/C19H25N3O4S/c1-13-8-7-9-14(2)22(13)19(23)17-12-16(20-27(24,25)21(17)3)15-10-5-6-11-18(15)26-4/h5-6,10-14H,7-9H2,1-4H3/t13-,14+. The molecule has 2 aliphatic rings. The average molecular weight is 391 g/mol. The quantitative estimate of drug-likeness (QED) is 0.792. The van der Waals surface area contributed by atoms with Crippen LogP contribution in [0.2, 0.25) is 0 Å². The number of likely N-dealkylation sites (N-methyl/N-ethyl adjacent to an activating group) is 1. The van der Waals surface area contributed by atoms with E-state index in [1.54, 1.807) is 29.2 Å². The number of likely N-dealkylation sites (tertiary alicyclic amines) is 1. The lowest BCUT2D eigenvalue weighted by Gasteiger charge is -2.40. The molecule has 27 heavy (non-hydrogen) atoms. The number of ether oxygens (including phenoxy) is 1. The van der Waals surface area contributed by atoms with E-state index in [2.05, 4.69) is 4.40 Å². The summed E-state index contributed by atoms with van der Waals surface area (Å²) in [5.41, 5.74) is 0.833. The number of hydrogen-bond donors (Lipinski definition) is 0. The maximum Gasteiger partial charge on any atom is 0.345 e. The number of rotatable bonds is 3. The molecule has 1 amide bonds. The van der Waals surface area contributed by atoms with Crippen molar-refractivity contribution in [3.05, 3.63) is 41.6 Å². The van der Waals surface area contributed by atoms with Gasteiger partial charge in [-0.05, 0) is 51.3 Å². The molecule has 1 aromatic carbocycles. The van der Waals surface area contributed by atoms with Crippen LogP contribution in [0.15, 0.2) is 40.4 Å². The Labute approximate surface area is 160 Å².